The summed E-state index contributed by atoms with van der Waals surface area (Å²) in [6, 6.07) is 12.2. The summed E-state index contributed by atoms with van der Waals surface area (Å²) in [5.41, 5.74) is 2.34. The Balaban J connectivity index is 2.12. The van der Waals surface area contributed by atoms with E-state index in [2.05, 4.69) is 11.9 Å². The van der Waals surface area contributed by atoms with E-state index in [1.54, 1.807) is 6.07 Å². The Hall–Kier alpha value is -2.75. The van der Waals surface area contributed by atoms with Gasteiger partial charge in [-0.25, -0.2) is 4.79 Å². The third kappa shape index (κ3) is 1.93. The maximum Gasteiger partial charge on any atom is 0.335 e. The van der Waals surface area contributed by atoms with E-state index in [9.17, 15) is 4.79 Å². The van der Waals surface area contributed by atoms with Crippen molar-refractivity contribution in [3.8, 4) is 11.5 Å². The van der Waals surface area contributed by atoms with Crippen LogP contribution in [0.4, 0.5) is 5.69 Å². The molecule has 0 spiro atoms. The largest absolute Gasteiger partial charge is 0.478 e. The fourth-order valence-corrected chi connectivity index (χ4v) is 2.00. The second-order valence-electron chi connectivity index (χ2n) is 4.22. The number of nitrogens with one attached hydrogen (secondary N) is 1. The van der Waals surface area contributed by atoms with Gasteiger partial charge in [0.15, 0.2) is 5.75 Å². The van der Waals surface area contributed by atoms with Gasteiger partial charge in [0, 0.05) is 11.3 Å². The lowest BCUT2D eigenvalue weighted by molar-refractivity contribution is 0.0697. The van der Waals surface area contributed by atoms with Gasteiger partial charge in [0.1, 0.15) is 5.75 Å². The minimum Gasteiger partial charge on any atom is -0.478 e. The minimum absolute atomic E-state index is 0.202. The molecule has 1 aliphatic heterocycles. The Morgan fingerprint density at radius 1 is 1.16 bits per heavy atom. The van der Waals surface area contributed by atoms with Crippen molar-refractivity contribution in [1.82, 2.24) is 0 Å². The van der Waals surface area contributed by atoms with Crippen molar-refractivity contribution in [3.63, 3.8) is 0 Å². The molecule has 2 aromatic carbocycles. The molecule has 0 radical (unpaired) electrons. The SMILES string of the molecule is C=C1Nc2cc(C(=O)O)ccc2Oc2ccccc21. The molecule has 0 unspecified atom stereocenters. The number of rotatable bonds is 1. The molecule has 0 fully saturated rings. The van der Waals surface area contributed by atoms with Crippen molar-refractivity contribution in [1.29, 1.82) is 0 Å². The summed E-state index contributed by atoms with van der Waals surface area (Å²) < 4.78 is 5.79. The number of ether oxygens (including phenoxy) is 1. The van der Waals surface area contributed by atoms with Gasteiger partial charge in [0.2, 0.25) is 0 Å². The van der Waals surface area contributed by atoms with Crippen molar-refractivity contribution in [2.24, 2.45) is 0 Å². The van der Waals surface area contributed by atoms with E-state index in [0.29, 0.717) is 22.9 Å². The fraction of sp³-hybridized carbons (Fsp3) is 0. The van der Waals surface area contributed by atoms with Crippen LogP contribution in [-0.4, -0.2) is 11.1 Å². The van der Waals surface area contributed by atoms with E-state index < -0.39 is 5.97 Å². The number of aromatic carboxylic acids is 1. The zero-order valence-electron chi connectivity index (χ0n) is 10.0. The van der Waals surface area contributed by atoms with Gasteiger partial charge in [-0.05, 0) is 30.3 Å². The van der Waals surface area contributed by atoms with E-state index in [1.807, 2.05) is 24.3 Å². The number of para-hydroxylation sites is 1. The number of anilines is 1. The molecule has 1 aliphatic rings. The summed E-state index contributed by atoms with van der Waals surface area (Å²) in [5.74, 6) is 0.301. The first kappa shape index (κ1) is 11.3. The normalized spacial score (nSPS) is 12.5. The van der Waals surface area contributed by atoms with Crippen LogP contribution >= 0.6 is 0 Å². The predicted molar refractivity (Wildman–Crippen MR) is 72.6 cm³/mol. The standard InChI is InChI=1S/C15H11NO3/c1-9-11-4-2-3-5-13(11)19-14-7-6-10(15(17)18)8-12(14)16-9/h2-8,16H,1H2,(H,17,18). The molecule has 94 valence electrons. The highest BCUT2D eigenvalue weighted by Gasteiger charge is 2.17. The lowest BCUT2D eigenvalue weighted by Gasteiger charge is -2.08. The van der Waals surface area contributed by atoms with Crippen molar-refractivity contribution in [2.75, 3.05) is 5.32 Å². The van der Waals surface area contributed by atoms with Crippen molar-refractivity contribution in [3.05, 3.63) is 60.2 Å². The second kappa shape index (κ2) is 4.17. The van der Waals surface area contributed by atoms with Gasteiger partial charge in [0.05, 0.1) is 11.3 Å². The molecule has 4 heteroatoms. The van der Waals surface area contributed by atoms with Crippen LogP contribution in [0.2, 0.25) is 0 Å². The second-order valence-corrected chi connectivity index (χ2v) is 4.22. The molecule has 0 saturated heterocycles. The Kier molecular flexibility index (Phi) is 2.49. The summed E-state index contributed by atoms with van der Waals surface area (Å²) in [4.78, 5) is 11.0. The van der Waals surface area contributed by atoms with Gasteiger partial charge in [-0.15, -0.1) is 0 Å². The lowest BCUT2D eigenvalue weighted by Crippen LogP contribution is -1.99. The van der Waals surface area contributed by atoms with Crippen LogP contribution < -0.4 is 10.1 Å². The van der Waals surface area contributed by atoms with E-state index in [-0.39, 0.29) is 5.56 Å². The molecule has 0 aliphatic carbocycles. The van der Waals surface area contributed by atoms with E-state index in [4.69, 9.17) is 9.84 Å². The Bertz CT molecular complexity index is 692. The monoisotopic (exact) mass is 253 g/mol. The predicted octanol–water partition coefficient (Wildman–Crippen LogP) is 3.57. The number of hydrogen-bond donors (Lipinski definition) is 2. The topological polar surface area (TPSA) is 58.6 Å². The van der Waals surface area contributed by atoms with Gasteiger partial charge < -0.3 is 15.2 Å². The molecule has 0 bridgehead atoms. The van der Waals surface area contributed by atoms with E-state index in [1.165, 1.54) is 12.1 Å². The highest BCUT2D eigenvalue weighted by Crippen LogP contribution is 2.39. The molecule has 2 aromatic rings. The molecular weight excluding hydrogens is 242 g/mol. The first-order chi connectivity index (χ1) is 9.15. The summed E-state index contributed by atoms with van der Waals surface area (Å²) in [6.07, 6.45) is 0. The average Bonchev–Trinajstić information content (AvgIpc) is 2.54. The average molecular weight is 253 g/mol. The van der Waals surface area contributed by atoms with Crippen LogP contribution in [0.3, 0.4) is 0 Å². The third-order valence-corrected chi connectivity index (χ3v) is 2.94. The van der Waals surface area contributed by atoms with E-state index >= 15 is 0 Å². The van der Waals surface area contributed by atoms with Gasteiger partial charge in [0.25, 0.3) is 0 Å². The number of hydrogen-bond acceptors (Lipinski definition) is 3. The van der Waals surface area contributed by atoms with Gasteiger partial charge in [-0.1, -0.05) is 18.7 Å². The minimum atomic E-state index is -0.975. The van der Waals surface area contributed by atoms with Gasteiger partial charge in [-0.2, -0.15) is 0 Å². The van der Waals surface area contributed by atoms with Crippen LogP contribution in [0, 0.1) is 0 Å². The van der Waals surface area contributed by atoms with Crippen molar-refractivity contribution >= 4 is 17.4 Å². The van der Waals surface area contributed by atoms with Gasteiger partial charge >= 0.3 is 5.97 Å². The van der Waals surface area contributed by atoms with E-state index in [0.717, 1.165) is 5.56 Å². The number of benzene rings is 2. The van der Waals surface area contributed by atoms with Crippen LogP contribution in [0.1, 0.15) is 15.9 Å². The van der Waals surface area contributed by atoms with Crippen molar-refractivity contribution in [2.45, 2.75) is 0 Å². The Morgan fingerprint density at radius 2 is 1.95 bits per heavy atom. The summed E-state index contributed by atoms with van der Waals surface area (Å²) in [7, 11) is 0. The highest BCUT2D eigenvalue weighted by molar-refractivity contribution is 5.91. The highest BCUT2D eigenvalue weighted by atomic mass is 16.5. The number of carboxylic acids is 1. The number of fused-ring (bicyclic) bond motifs is 2. The molecular formula is C15H11NO3. The molecule has 0 saturated carbocycles. The molecule has 2 N–H and O–H groups in total. The molecule has 0 amide bonds. The maximum atomic E-state index is 11.0. The molecule has 0 aromatic heterocycles. The quantitative estimate of drug-likeness (QED) is 0.815. The summed E-state index contributed by atoms with van der Waals surface area (Å²) >= 11 is 0. The molecule has 19 heavy (non-hydrogen) atoms. The Labute approximate surface area is 110 Å². The molecule has 1 heterocycles. The van der Waals surface area contributed by atoms with Gasteiger partial charge in [-0.3, -0.25) is 0 Å². The molecule has 0 atom stereocenters. The summed E-state index contributed by atoms with van der Waals surface area (Å²) in [6.45, 7) is 3.95. The van der Waals surface area contributed by atoms with Crippen LogP contribution in [0.5, 0.6) is 11.5 Å². The lowest BCUT2D eigenvalue weighted by atomic mass is 10.1. The zero-order valence-corrected chi connectivity index (χ0v) is 10.0. The number of carbonyl (C=O) groups is 1. The van der Waals surface area contributed by atoms with Crippen LogP contribution in [-0.2, 0) is 0 Å². The third-order valence-electron chi connectivity index (χ3n) is 2.94. The van der Waals surface area contributed by atoms with Crippen LogP contribution in [0.25, 0.3) is 5.70 Å². The molecule has 4 nitrogen and oxygen atoms in total. The molecule has 3 rings (SSSR count). The zero-order chi connectivity index (χ0) is 13.4. The number of carboxylic acid groups (broad SMARTS) is 1. The fourth-order valence-electron chi connectivity index (χ4n) is 2.00. The van der Waals surface area contributed by atoms with Crippen LogP contribution in [0.15, 0.2) is 49.0 Å². The Morgan fingerprint density at radius 3 is 2.74 bits per heavy atom. The first-order valence-corrected chi connectivity index (χ1v) is 5.75. The first-order valence-electron chi connectivity index (χ1n) is 5.75. The van der Waals surface area contributed by atoms with Crippen molar-refractivity contribution < 1.29 is 14.6 Å². The smallest absolute Gasteiger partial charge is 0.335 e. The maximum absolute atomic E-state index is 11.0. The summed E-state index contributed by atoms with van der Waals surface area (Å²) in [5, 5.41) is 12.1.